The van der Waals surface area contributed by atoms with Crippen molar-refractivity contribution < 1.29 is 4.74 Å². The van der Waals surface area contributed by atoms with Crippen LogP contribution in [0.15, 0.2) is 24.5 Å². The first-order valence-corrected chi connectivity index (χ1v) is 4.68. The Kier molecular flexibility index (Phi) is 2.41. The molecular weight excluding hydrogens is 190 g/mol. The third kappa shape index (κ3) is 1.70. The van der Waals surface area contributed by atoms with Gasteiger partial charge < -0.3 is 9.64 Å². The lowest BCUT2D eigenvalue weighted by molar-refractivity contribution is 0.415. The fourth-order valence-corrected chi connectivity index (χ4v) is 1.51. The SMILES string of the molecule is COc1ccc2c(N(C)C)ncnc2c1. The molecule has 1 aromatic carbocycles. The summed E-state index contributed by atoms with van der Waals surface area (Å²) in [5.74, 6) is 1.73. The lowest BCUT2D eigenvalue weighted by Crippen LogP contribution is -2.11. The minimum Gasteiger partial charge on any atom is -0.497 e. The molecule has 15 heavy (non-hydrogen) atoms. The number of ether oxygens (including phenoxy) is 1. The van der Waals surface area contributed by atoms with Crippen LogP contribution in [0.25, 0.3) is 10.9 Å². The number of benzene rings is 1. The molecule has 1 aromatic heterocycles. The van der Waals surface area contributed by atoms with Gasteiger partial charge in [0.25, 0.3) is 0 Å². The molecule has 0 saturated heterocycles. The minimum absolute atomic E-state index is 0.811. The van der Waals surface area contributed by atoms with Crippen LogP contribution in [0.5, 0.6) is 5.75 Å². The van der Waals surface area contributed by atoms with Gasteiger partial charge in [0.15, 0.2) is 0 Å². The van der Waals surface area contributed by atoms with Crippen molar-refractivity contribution >= 4 is 16.7 Å². The fraction of sp³-hybridized carbons (Fsp3) is 0.273. The van der Waals surface area contributed by atoms with E-state index in [1.807, 2.05) is 37.2 Å². The molecule has 4 heteroatoms. The van der Waals surface area contributed by atoms with Crippen LogP contribution in [0.4, 0.5) is 5.82 Å². The molecular formula is C11H13N3O. The number of hydrogen-bond acceptors (Lipinski definition) is 4. The van der Waals surface area contributed by atoms with Crippen LogP contribution in [0, 0.1) is 0 Å². The van der Waals surface area contributed by atoms with Gasteiger partial charge in [-0.3, -0.25) is 0 Å². The molecule has 0 saturated carbocycles. The summed E-state index contributed by atoms with van der Waals surface area (Å²) in [5.41, 5.74) is 0.896. The summed E-state index contributed by atoms with van der Waals surface area (Å²) < 4.78 is 5.15. The summed E-state index contributed by atoms with van der Waals surface area (Å²) in [6.45, 7) is 0. The smallest absolute Gasteiger partial charge is 0.139 e. The second kappa shape index (κ2) is 3.73. The van der Waals surface area contributed by atoms with Crippen LogP contribution in [0.2, 0.25) is 0 Å². The zero-order chi connectivity index (χ0) is 10.8. The van der Waals surface area contributed by atoms with Gasteiger partial charge >= 0.3 is 0 Å². The van der Waals surface area contributed by atoms with Gasteiger partial charge in [0.1, 0.15) is 17.9 Å². The molecule has 78 valence electrons. The van der Waals surface area contributed by atoms with Crippen molar-refractivity contribution in [1.82, 2.24) is 9.97 Å². The van der Waals surface area contributed by atoms with Crippen molar-refractivity contribution in [3.63, 3.8) is 0 Å². The lowest BCUT2D eigenvalue weighted by Gasteiger charge is -2.13. The van der Waals surface area contributed by atoms with Crippen LogP contribution in [-0.2, 0) is 0 Å². The molecule has 0 bridgehead atoms. The Morgan fingerprint density at radius 1 is 1.20 bits per heavy atom. The summed E-state index contributed by atoms with van der Waals surface area (Å²) in [7, 11) is 5.58. The normalized spacial score (nSPS) is 10.3. The van der Waals surface area contributed by atoms with Crippen molar-refractivity contribution in [2.24, 2.45) is 0 Å². The predicted molar refractivity (Wildman–Crippen MR) is 60.4 cm³/mol. The summed E-state index contributed by atoms with van der Waals surface area (Å²) in [4.78, 5) is 10.4. The first-order chi connectivity index (χ1) is 7.22. The minimum atomic E-state index is 0.811. The number of methoxy groups -OCH3 is 1. The molecule has 0 aliphatic heterocycles. The second-order valence-corrected chi connectivity index (χ2v) is 3.47. The summed E-state index contributed by atoms with van der Waals surface area (Å²) in [5, 5.41) is 1.03. The number of anilines is 1. The van der Waals surface area contributed by atoms with Crippen LogP contribution in [0.3, 0.4) is 0 Å². The molecule has 2 aromatic rings. The Morgan fingerprint density at radius 2 is 2.00 bits per heavy atom. The standard InChI is InChI=1S/C11H13N3O/c1-14(2)11-9-5-4-8(15-3)6-10(9)12-7-13-11/h4-7H,1-3H3. The van der Waals surface area contributed by atoms with E-state index in [9.17, 15) is 0 Å². The Balaban J connectivity index is 2.67. The van der Waals surface area contributed by atoms with E-state index in [0.29, 0.717) is 0 Å². The van der Waals surface area contributed by atoms with Gasteiger partial charge in [0.05, 0.1) is 12.6 Å². The van der Waals surface area contributed by atoms with Gasteiger partial charge in [-0.15, -0.1) is 0 Å². The van der Waals surface area contributed by atoms with Crippen molar-refractivity contribution in [3.8, 4) is 5.75 Å². The molecule has 0 atom stereocenters. The number of rotatable bonds is 2. The van der Waals surface area contributed by atoms with E-state index in [4.69, 9.17) is 4.74 Å². The van der Waals surface area contributed by atoms with Gasteiger partial charge in [0, 0.05) is 25.5 Å². The Labute approximate surface area is 88.5 Å². The summed E-state index contributed by atoms with van der Waals surface area (Å²) in [6.07, 6.45) is 1.57. The van der Waals surface area contributed by atoms with Crippen LogP contribution in [-0.4, -0.2) is 31.2 Å². The molecule has 0 amide bonds. The largest absolute Gasteiger partial charge is 0.497 e. The molecule has 0 unspecified atom stereocenters. The Hall–Kier alpha value is -1.84. The first kappa shape index (κ1) is 9.71. The molecule has 0 aliphatic carbocycles. The van der Waals surface area contributed by atoms with E-state index in [1.165, 1.54) is 0 Å². The number of nitrogens with zero attached hydrogens (tertiary/aromatic N) is 3. The lowest BCUT2D eigenvalue weighted by atomic mass is 10.2. The van der Waals surface area contributed by atoms with Gasteiger partial charge in [-0.2, -0.15) is 0 Å². The highest BCUT2D eigenvalue weighted by Crippen LogP contribution is 2.24. The quantitative estimate of drug-likeness (QED) is 0.744. The molecule has 1 heterocycles. The zero-order valence-electron chi connectivity index (χ0n) is 9.06. The molecule has 0 aliphatic rings. The van der Waals surface area contributed by atoms with Crippen LogP contribution >= 0.6 is 0 Å². The van der Waals surface area contributed by atoms with Gasteiger partial charge in [0.2, 0.25) is 0 Å². The predicted octanol–water partition coefficient (Wildman–Crippen LogP) is 1.70. The van der Waals surface area contributed by atoms with Crippen molar-refractivity contribution in [2.45, 2.75) is 0 Å². The highest BCUT2D eigenvalue weighted by atomic mass is 16.5. The van der Waals surface area contributed by atoms with E-state index in [0.717, 1.165) is 22.5 Å². The maximum Gasteiger partial charge on any atom is 0.139 e. The van der Waals surface area contributed by atoms with Gasteiger partial charge in [-0.1, -0.05) is 0 Å². The maximum atomic E-state index is 5.15. The van der Waals surface area contributed by atoms with Crippen molar-refractivity contribution in [1.29, 1.82) is 0 Å². The Morgan fingerprint density at radius 3 is 2.67 bits per heavy atom. The van der Waals surface area contributed by atoms with Gasteiger partial charge in [-0.05, 0) is 12.1 Å². The first-order valence-electron chi connectivity index (χ1n) is 4.68. The van der Waals surface area contributed by atoms with Crippen LogP contribution < -0.4 is 9.64 Å². The van der Waals surface area contributed by atoms with Crippen LogP contribution in [0.1, 0.15) is 0 Å². The highest BCUT2D eigenvalue weighted by Gasteiger charge is 2.05. The van der Waals surface area contributed by atoms with E-state index >= 15 is 0 Å². The van der Waals surface area contributed by atoms with Crippen molar-refractivity contribution in [3.05, 3.63) is 24.5 Å². The maximum absolute atomic E-state index is 5.15. The van der Waals surface area contributed by atoms with Crippen molar-refractivity contribution in [2.75, 3.05) is 26.1 Å². The zero-order valence-corrected chi connectivity index (χ0v) is 9.06. The van der Waals surface area contributed by atoms with E-state index in [2.05, 4.69) is 9.97 Å². The summed E-state index contributed by atoms with van der Waals surface area (Å²) >= 11 is 0. The molecule has 0 radical (unpaired) electrons. The number of aromatic nitrogens is 2. The summed E-state index contributed by atoms with van der Waals surface area (Å²) in [6, 6.07) is 5.80. The number of fused-ring (bicyclic) bond motifs is 1. The third-order valence-electron chi connectivity index (χ3n) is 2.25. The Bertz CT molecular complexity index is 482. The third-order valence-corrected chi connectivity index (χ3v) is 2.25. The highest BCUT2D eigenvalue weighted by molar-refractivity contribution is 5.89. The average Bonchev–Trinajstić information content (AvgIpc) is 2.27. The monoisotopic (exact) mass is 203 g/mol. The molecule has 0 spiro atoms. The average molecular weight is 203 g/mol. The number of hydrogen-bond donors (Lipinski definition) is 0. The molecule has 2 rings (SSSR count). The fourth-order valence-electron chi connectivity index (χ4n) is 1.51. The van der Waals surface area contributed by atoms with Gasteiger partial charge in [-0.25, -0.2) is 9.97 Å². The molecule has 0 N–H and O–H groups in total. The molecule has 4 nitrogen and oxygen atoms in total. The van der Waals surface area contributed by atoms with E-state index in [-0.39, 0.29) is 0 Å². The van der Waals surface area contributed by atoms with E-state index < -0.39 is 0 Å². The topological polar surface area (TPSA) is 38.2 Å². The van der Waals surface area contributed by atoms with E-state index in [1.54, 1.807) is 13.4 Å². The second-order valence-electron chi connectivity index (χ2n) is 3.47. The molecule has 0 fully saturated rings.